The molecule has 7 nitrogen and oxygen atoms in total. The van der Waals surface area contributed by atoms with Gasteiger partial charge in [0.15, 0.2) is 11.5 Å². The van der Waals surface area contributed by atoms with E-state index in [1.807, 2.05) is 54.6 Å². The van der Waals surface area contributed by atoms with Gasteiger partial charge in [-0.1, -0.05) is 48.5 Å². The number of hydrogen-bond acceptors (Lipinski definition) is 7. The van der Waals surface area contributed by atoms with Gasteiger partial charge in [-0.2, -0.15) is 5.10 Å². The van der Waals surface area contributed by atoms with Gasteiger partial charge in [-0.3, -0.25) is 19.9 Å². The van der Waals surface area contributed by atoms with Gasteiger partial charge in [0.25, 0.3) is 0 Å². The molecule has 3 aromatic rings. The van der Waals surface area contributed by atoms with E-state index in [9.17, 15) is 14.9 Å². The van der Waals surface area contributed by atoms with Crippen LogP contribution in [-0.2, 0) is 0 Å². The number of carbonyl (C=O) groups is 1. The standard InChI is InChI=1S/C22H17N3O4S/c1-24-22(13-30-17-10-6-5-9-15(17)21(22)26)19(14-7-3-2-4-8-14)20(23-24)16-11-12-18(29-16)25(27)28/h2-12,19H,13H2,1H3. The Morgan fingerprint density at radius 1 is 1.13 bits per heavy atom. The Hall–Kier alpha value is -3.39. The summed E-state index contributed by atoms with van der Waals surface area (Å²) in [4.78, 5) is 25.4. The molecule has 150 valence electrons. The molecular formula is C22H17N3O4S. The van der Waals surface area contributed by atoms with Gasteiger partial charge in [-0.05, 0) is 17.7 Å². The van der Waals surface area contributed by atoms with Crippen molar-refractivity contribution in [3.63, 3.8) is 0 Å². The van der Waals surface area contributed by atoms with Gasteiger partial charge in [0.05, 0.1) is 12.0 Å². The number of Topliss-reactive ketones (excluding diaryl/α,β-unsaturated/α-hetero) is 1. The van der Waals surface area contributed by atoms with E-state index in [2.05, 4.69) is 5.10 Å². The van der Waals surface area contributed by atoms with Crippen molar-refractivity contribution >= 4 is 29.1 Å². The van der Waals surface area contributed by atoms with Crippen LogP contribution in [-0.4, -0.2) is 39.8 Å². The molecule has 0 aliphatic carbocycles. The predicted molar refractivity (Wildman–Crippen MR) is 113 cm³/mol. The van der Waals surface area contributed by atoms with E-state index in [-0.39, 0.29) is 11.7 Å². The third-order valence-electron chi connectivity index (χ3n) is 5.72. The van der Waals surface area contributed by atoms with E-state index in [1.165, 1.54) is 6.07 Å². The van der Waals surface area contributed by atoms with Crippen LogP contribution in [0.4, 0.5) is 5.88 Å². The number of furan rings is 1. The first kappa shape index (κ1) is 18.6. The summed E-state index contributed by atoms with van der Waals surface area (Å²) in [5, 5.41) is 17.5. The van der Waals surface area contributed by atoms with Gasteiger partial charge in [0.2, 0.25) is 0 Å². The third kappa shape index (κ3) is 2.60. The molecule has 3 heterocycles. The summed E-state index contributed by atoms with van der Waals surface area (Å²) in [5.74, 6) is 0.0268. The molecule has 30 heavy (non-hydrogen) atoms. The van der Waals surface area contributed by atoms with Gasteiger partial charge in [-0.25, -0.2) is 0 Å². The average Bonchev–Trinajstić information content (AvgIpc) is 3.36. The smallest absolute Gasteiger partial charge is 0.399 e. The number of hydrogen-bond donors (Lipinski definition) is 0. The van der Waals surface area contributed by atoms with E-state index in [4.69, 9.17) is 4.42 Å². The van der Waals surface area contributed by atoms with E-state index in [1.54, 1.807) is 29.9 Å². The van der Waals surface area contributed by atoms with Gasteiger partial charge in [0, 0.05) is 23.3 Å². The van der Waals surface area contributed by atoms with Crippen molar-refractivity contribution in [2.45, 2.75) is 16.4 Å². The van der Waals surface area contributed by atoms with Crippen LogP contribution in [0.25, 0.3) is 0 Å². The molecule has 1 aromatic heterocycles. The molecule has 0 fully saturated rings. The van der Waals surface area contributed by atoms with Crippen molar-refractivity contribution < 1.29 is 14.1 Å². The molecule has 0 saturated heterocycles. The second kappa shape index (κ2) is 6.84. The Labute approximate surface area is 176 Å². The van der Waals surface area contributed by atoms with Crippen molar-refractivity contribution in [2.75, 3.05) is 12.8 Å². The summed E-state index contributed by atoms with van der Waals surface area (Å²) >= 11 is 1.62. The Morgan fingerprint density at radius 3 is 2.60 bits per heavy atom. The number of carbonyl (C=O) groups excluding carboxylic acids is 1. The summed E-state index contributed by atoms with van der Waals surface area (Å²) in [7, 11) is 1.78. The number of nitro groups is 1. The normalized spacial score (nSPS) is 22.8. The Bertz CT molecular complexity index is 1190. The maximum absolute atomic E-state index is 13.9. The predicted octanol–water partition coefficient (Wildman–Crippen LogP) is 4.35. The Balaban J connectivity index is 1.68. The maximum atomic E-state index is 13.9. The topological polar surface area (TPSA) is 88.9 Å². The molecule has 0 amide bonds. The molecule has 2 aromatic carbocycles. The number of benzene rings is 2. The summed E-state index contributed by atoms with van der Waals surface area (Å²) in [6.45, 7) is 0. The van der Waals surface area contributed by atoms with E-state index in [0.29, 0.717) is 22.8 Å². The SMILES string of the molecule is CN1N=C(c2ccc([N+](=O)[O-])o2)C(c2ccccc2)C12CSc1ccccc1C2=O. The monoisotopic (exact) mass is 419 g/mol. The Kier molecular flexibility index (Phi) is 4.25. The molecule has 2 atom stereocenters. The molecule has 1 spiro atoms. The number of thioether (sulfide) groups is 1. The number of rotatable bonds is 3. The summed E-state index contributed by atoms with van der Waals surface area (Å²) < 4.78 is 5.49. The molecule has 2 unspecified atom stereocenters. The zero-order valence-electron chi connectivity index (χ0n) is 16.0. The molecule has 0 radical (unpaired) electrons. The van der Waals surface area contributed by atoms with Crippen LogP contribution in [0.1, 0.15) is 27.6 Å². The molecule has 0 saturated carbocycles. The lowest BCUT2D eigenvalue weighted by Crippen LogP contribution is -2.56. The van der Waals surface area contributed by atoms with Crippen LogP contribution >= 0.6 is 11.8 Å². The zero-order valence-corrected chi connectivity index (χ0v) is 16.8. The van der Waals surface area contributed by atoms with Gasteiger partial charge >= 0.3 is 5.88 Å². The fourth-order valence-electron chi connectivity index (χ4n) is 4.28. The van der Waals surface area contributed by atoms with Crippen molar-refractivity contribution in [1.82, 2.24) is 5.01 Å². The second-order valence-corrected chi connectivity index (χ2v) is 8.30. The fraction of sp³-hybridized carbons (Fsp3) is 0.182. The highest BCUT2D eigenvalue weighted by atomic mass is 32.2. The largest absolute Gasteiger partial charge is 0.433 e. The van der Waals surface area contributed by atoms with E-state index in [0.717, 1.165) is 10.5 Å². The number of likely N-dealkylation sites (N-methyl/N-ethyl adjacent to an activating group) is 1. The highest BCUT2D eigenvalue weighted by Crippen LogP contribution is 2.50. The molecular weight excluding hydrogens is 402 g/mol. The number of ketones is 1. The summed E-state index contributed by atoms with van der Waals surface area (Å²) in [6, 6.07) is 20.1. The third-order valence-corrected chi connectivity index (χ3v) is 6.97. The second-order valence-electron chi connectivity index (χ2n) is 7.29. The Morgan fingerprint density at radius 2 is 1.87 bits per heavy atom. The lowest BCUT2D eigenvalue weighted by molar-refractivity contribution is -0.402. The maximum Gasteiger partial charge on any atom is 0.433 e. The number of nitrogens with zero attached hydrogens (tertiary/aromatic N) is 3. The van der Waals surface area contributed by atoms with Crippen molar-refractivity contribution in [3.05, 3.63) is 93.7 Å². The van der Waals surface area contributed by atoms with Crippen molar-refractivity contribution in [2.24, 2.45) is 5.10 Å². The van der Waals surface area contributed by atoms with Crippen LogP contribution in [0.15, 0.2) is 81.1 Å². The van der Waals surface area contributed by atoms with Crippen LogP contribution in [0.5, 0.6) is 0 Å². The first-order valence-electron chi connectivity index (χ1n) is 9.41. The summed E-state index contributed by atoms with van der Waals surface area (Å²) in [5.41, 5.74) is 1.15. The molecule has 5 rings (SSSR count). The highest BCUT2D eigenvalue weighted by Gasteiger charge is 2.58. The van der Waals surface area contributed by atoms with Crippen LogP contribution < -0.4 is 0 Å². The van der Waals surface area contributed by atoms with Crippen molar-refractivity contribution in [1.29, 1.82) is 0 Å². The first-order chi connectivity index (χ1) is 14.5. The van der Waals surface area contributed by atoms with Gasteiger partial charge < -0.3 is 4.42 Å². The minimum atomic E-state index is -0.947. The van der Waals surface area contributed by atoms with Crippen LogP contribution in [0.2, 0.25) is 0 Å². The lowest BCUT2D eigenvalue weighted by Gasteiger charge is -2.41. The van der Waals surface area contributed by atoms with Crippen molar-refractivity contribution in [3.8, 4) is 0 Å². The molecule has 2 aliphatic heterocycles. The zero-order chi connectivity index (χ0) is 20.9. The van der Waals surface area contributed by atoms with Crippen LogP contribution in [0, 0.1) is 10.1 Å². The number of hydrazone groups is 1. The minimum Gasteiger partial charge on any atom is -0.399 e. The molecule has 2 aliphatic rings. The quantitative estimate of drug-likeness (QED) is 0.463. The van der Waals surface area contributed by atoms with Crippen LogP contribution in [0.3, 0.4) is 0 Å². The lowest BCUT2D eigenvalue weighted by atomic mass is 9.73. The highest BCUT2D eigenvalue weighted by molar-refractivity contribution is 7.99. The molecule has 0 bridgehead atoms. The fourth-order valence-corrected chi connectivity index (χ4v) is 5.63. The van der Waals surface area contributed by atoms with E-state index >= 15 is 0 Å². The molecule has 0 N–H and O–H groups in total. The van der Waals surface area contributed by atoms with E-state index < -0.39 is 16.4 Å². The molecule has 8 heteroatoms. The minimum absolute atomic E-state index is 0.00647. The average molecular weight is 419 g/mol. The van der Waals surface area contributed by atoms with Gasteiger partial charge in [-0.15, -0.1) is 11.8 Å². The number of fused-ring (bicyclic) bond motifs is 1. The van der Waals surface area contributed by atoms with Gasteiger partial charge in [0.1, 0.15) is 16.2 Å². The summed E-state index contributed by atoms with van der Waals surface area (Å²) in [6.07, 6.45) is 0. The first-order valence-corrected chi connectivity index (χ1v) is 10.4.